The molecule has 3 aromatic rings. The highest BCUT2D eigenvalue weighted by molar-refractivity contribution is 6.03. The Labute approximate surface area is 177 Å². The van der Waals surface area contributed by atoms with E-state index < -0.39 is 10.8 Å². The van der Waals surface area contributed by atoms with Crippen LogP contribution in [-0.2, 0) is 6.73 Å². The maximum absolute atomic E-state index is 12.5. The lowest BCUT2D eigenvalue weighted by atomic mass is 10.2. The van der Waals surface area contributed by atoms with E-state index in [2.05, 4.69) is 10.4 Å². The van der Waals surface area contributed by atoms with Gasteiger partial charge in [0.05, 0.1) is 38.0 Å². The molecule has 162 valence electrons. The molecular weight excluding hydrogens is 408 g/mol. The zero-order valence-electron chi connectivity index (χ0n) is 17.0. The van der Waals surface area contributed by atoms with Crippen LogP contribution in [0.5, 0.6) is 23.0 Å². The quantitative estimate of drug-likeness (QED) is 0.407. The summed E-state index contributed by atoms with van der Waals surface area (Å²) in [6.07, 6.45) is 1.57. The number of carbonyl (C=O) groups is 1. The lowest BCUT2D eigenvalue weighted by Gasteiger charge is -2.13. The number of anilines is 1. The highest BCUT2D eigenvalue weighted by Crippen LogP contribution is 2.37. The molecule has 0 aliphatic rings. The Morgan fingerprint density at radius 1 is 1.06 bits per heavy atom. The van der Waals surface area contributed by atoms with Crippen molar-refractivity contribution in [3.63, 3.8) is 0 Å². The molecule has 1 N–H and O–H groups in total. The summed E-state index contributed by atoms with van der Waals surface area (Å²) in [4.78, 5) is 22.9. The van der Waals surface area contributed by atoms with Gasteiger partial charge in [0, 0.05) is 12.3 Å². The molecule has 0 saturated carbocycles. The fraction of sp³-hybridized carbons (Fsp3) is 0.200. The highest BCUT2D eigenvalue weighted by atomic mass is 16.6. The molecule has 1 heterocycles. The molecule has 0 atom stereocenters. The van der Waals surface area contributed by atoms with Gasteiger partial charge in [-0.05, 0) is 24.3 Å². The maximum Gasteiger partial charge on any atom is 0.276 e. The van der Waals surface area contributed by atoms with Crippen LogP contribution in [0.3, 0.4) is 0 Å². The van der Waals surface area contributed by atoms with Crippen LogP contribution >= 0.6 is 0 Å². The summed E-state index contributed by atoms with van der Waals surface area (Å²) in [5, 5.41) is 17.7. The average molecular weight is 428 g/mol. The number of nitro benzene ring substituents is 1. The molecule has 0 aliphatic heterocycles. The van der Waals surface area contributed by atoms with Crippen molar-refractivity contribution >= 4 is 17.3 Å². The number of methoxy groups -OCH3 is 3. The molecule has 0 bridgehead atoms. The molecule has 31 heavy (non-hydrogen) atoms. The van der Waals surface area contributed by atoms with Crippen LogP contribution in [0, 0.1) is 10.1 Å². The summed E-state index contributed by atoms with van der Waals surface area (Å²) >= 11 is 0. The van der Waals surface area contributed by atoms with Crippen molar-refractivity contribution in [2.75, 3.05) is 26.6 Å². The number of hydrogen-bond acceptors (Lipinski definition) is 8. The van der Waals surface area contributed by atoms with Crippen LogP contribution in [-0.4, -0.2) is 41.9 Å². The van der Waals surface area contributed by atoms with Gasteiger partial charge in [-0.25, -0.2) is 4.68 Å². The Bertz CT molecular complexity index is 1070. The first kappa shape index (κ1) is 21.4. The van der Waals surface area contributed by atoms with Crippen LogP contribution in [0.1, 0.15) is 10.5 Å². The molecule has 11 nitrogen and oxygen atoms in total. The Morgan fingerprint density at radius 3 is 2.35 bits per heavy atom. The van der Waals surface area contributed by atoms with Crippen molar-refractivity contribution in [1.82, 2.24) is 9.78 Å². The van der Waals surface area contributed by atoms with E-state index in [0.717, 1.165) is 0 Å². The SMILES string of the molecule is COc1cc([N+](=O)[O-])ccc1NC(=O)c1ccn(COc2c(OC)cccc2OC)n1. The Kier molecular flexibility index (Phi) is 6.55. The number of nitrogens with zero attached hydrogens (tertiary/aromatic N) is 3. The topological polar surface area (TPSA) is 127 Å². The van der Waals surface area contributed by atoms with Gasteiger partial charge in [0.15, 0.2) is 23.9 Å². The van der Waals surface area contributed by atoms with E-state index in [4.69, 9.17) is 18.9 Å². The van der Waals surface area contributed by atoms with Crippen molar-refractivity contribution in [3.8, 4) is 23.0 Å². The molecule has 1 amide bonds. The van der Waals surface area contributed by atoms with Crippen molar-refractivity contribution in [3.05, 3.63) is 64.5 Å². The van der Waals surface area contributed by atoms with Crippen LogP contribution in [0.2, 0.25) is 0 Å². The first-order valence-electron chi connectivity index (χ1n) is 8.97. The van der Waals surface area contributed by atoms with Gasteiger partial charge < -0.3 is 24.3 Å². The monoisotopic (exact) mass is 428 g/mol. The van der Waals surface area contributed by atoms with Gasteiger partial charge in [0.25, 0.3) is 11.6 Å². The fourth-order valence-corrected chi connectivity index (χ4v) is 2.73. The van der Waals surface area contributed by atoms with Gasteiger partial charge in [-0.2, -0.15) is 5.10 Å². The van der Waals surface area contributed by atoms with Crippen LogP contribution in [0.25, 0.3) is 0 Å². The second-order valence-corrected chi connectivity index (χ2v) is 6.10. The normalized spacial score (nSPS) is 10.3. The van der Waals surface area contributed by atoms with Crippen molar-refractivity contribution in [2.45, 2.75) is 6.73 Å². The molecule has 0 fully saturated rings. The van der Waals surface area contributed by atoms with Gasteiger partial charge in [-0.1, -0.05) is 6.07 Å². The molecule has 1 aromatic heterocycles. The second-order valence-electron chi connectivity index (χ2n) is 6.10. The van der Waals surface area contributed by atoms with Crippen molar-refractivity contribution < 1.29 is 28.7 Å². The first-order valence-corrected chi connectivity index (χ1v) is 8.97. The predicted octanol–water partition coefficient (Wildman–Crippen LogP) is 3.11. The summed E-state index contributed by atoms with van der Waals surface area (Å²) in [6, 6.07) is 10.6. The van der Waals surface area contributed by atoms with Crippen LogP contribution in [0.15, 0.2) is 48.7 Å². The number of amides is 1. The third-order valence-electron chi connectivity index (χ3n) is 4.24. The van der Waals surface area contributed by atoms with E-state index in [1.807, 2.05) is 0 Å². The largest absolute Gasteiger partial charge is 0.494 e. The number of aromatic nitrogens is 2. The van der Waals surface area contributed by atoms with Gasteiger partial charge in [-0.15, -0.1) is 0 Å². The van der Waals surface area contributed by atoms with E-state index in [1.54, 1.807) is 24.4 Å². The van der Waals surface area contributed by atoms with E-state index >= 15 is 0 Å². The fourth-order valence-electron chi connectivity index (χ4n) is 2.73. The number of hydrogen-bond donors (Lipinski definition) is 1. The molecular formula is C20H20N4O7. The maximum atomic E-state index is 12.5. The van der Waals surface area contributed by atoms with Gasteiger partial charge in [0.1, 0.15) is 5.75 Å². The minimum absolute atomic E-state index is 0.00483. The number of carbonyl (C=O) groups excluding carboxylic acids is 1. The Hall–Kier alpha value is -4.28. The molecule has 0 saturated heterocycles. The Morgan fingerprint density at radius 2 is 1.74 bits per heavy atom. The summed E-state index contributed by atoms with van der Waals surface area (Å²) in [5.74, 6) is 1.04. The van der Waals surface area contributed by atoms with E-state index in [-0.39, 0.29) is 29.5 Å². The summed E-state index contributed by atoms with van der Waals surface area (Å²) in [6.45, 7) is 0.00483. The summed E-state index contributed by atoms with van der Waals surface area (Å²) < 4.78 is 22.9. The Balaban J connectivity index is 1.70. The second kappa shape index (κ2) is 9.48. The molecule has 0 spiro atoms. The summed E-state index contributed by atoms with van der Waals surface area (Å²) in [7, 11) is 4.39. The van der Waals surface area contributed by atoms with Gasteiger partial charge in [0.2, 0.25) is 5.75 Å². The molecule has 3 rings (SSSR count). The summed E-state index contributed by atoms with van der Waals surface area (Å²) in [5.41, 5.74) is 0.252. The van der Waals surface area contributed by atoms with Gasteiger partial charge in [-0.3, -0.25) is 14.9 Å². The standard InChI is InChI=1S/C20H20N4O7/c1-28-16-5-4-6-17(29-2)19(16)31-12-23-10-9-15(22-23)20(25)21-14-8-7-13(24(26)27)11-18(14)30-3/h4-11H,12H2,1-3H3,(H,21,25). The molecule has 0 unspecified atom stereocenters. The van der Waals surface area contributed by atoms with Crippen molar-refractivity contribution in [2.24, 2.45) is 0 Å². The third kappa shape index (κ3) is 4.83. The van der Waals surface area contributed by atoms with E-state index in [9.17, 15) is 14.9 Å². The number of benzene rings is 2. The first-order chi connectivity index (χ1) is 15.0. The third-order valence-corrected chi connectivity index (χ3v) is 4.24. The number of non-ortho nitro benzene ring substituents is 1. The molecule has 0 radical (unpaired) electrons. The van der Waals surface area contributed by atoms with Gasteiger partial charge >= 0.3 is 0 Å². The smallest absolute Gasteiger partial charge is 0.276 e. The number of nitrogens with one attached hydrogen (secondary N) is 1. The molecule has 0 aliphatic carbocycles. The minimum Gasteiger partial charge on any atom is -0.494 e. The number of para-hydroxylation sites is 1. The molecule has 2 aromatic carbocycles. The average Bonchev–Trinajstić information content (AvgIpc) is 3.26. The van der Waals surface area contributed by atoms with Crippen LogP contribution < -0.4 is 24.3 Å². The molecule has 11 heteroatoms. The van der Waals surface area contributed by atoms with E-state index in [0.29, 0.717) is 17.2 Å². The number of nitro groups is 1. The zero-order valence-corrected chi connectivity index (χ0v) is 17.0. The zero-order chi connectivity index (χ0) is 22.4. The predicted molar refractivity (Wildman–Crippen MR) is 110 cm³/mol. The lowest BCUT2D eigenvalue weighted by Crippen LogP contribution is -2.15. The lowest BCUT2D eigenvalue weighted by molar-refractivity contribution is -0.384. The number of rotatable bonds is 9. The minimum atomic E-state index is -0.549. The number of ether oxygens (including phenoxy) is 4. The van der Waals surface area contributed by atoms with Crippen molar-refractivity contribution in [1.29, 1.82) is 0 Å². The highest BCUT2D eigenvalue weighted by Gasteiger charge is 2.17. The van der Waals surface area contributed by atoms with Crippen LogP contribution in [0.4, 0.5) is 11.4 Å². The van der Waals surface area contributed by atoms with E-state index in [1.165, 1.54) is 50.3 Å².